The number of nitrogens with one attached hydrogen (secondary N) is 1. The number of hydrogen-bond donors (Lipinski definition) is 2. The Morgan fingerprint density at radius 2 is 2.17 bits per heavy atom. The van der Waals surface area contributed by atoms with E-state index in [2.05, 4.69) is 15.5 Å². The van der Waals surface area contributed by atoms with Gasteiger partial charge in [0.1, 0.15) is 10.8 Å². The van der Waals surface area contributed by atoms with Gasteiger partial charge in [0.25, 0.3) is 0 Å². The lowest BCUT2D eigenvalue weighted by molar-refractivity contribution is 0.631. The third-order valence-electron chi connectivity index (χ3n) is 2.17. The molecule has 92 valence electrons. The molecule has 1 heterocycles. The van der Waals surface area contributed by atoms with Crippen LogP contribution in [0.3, 0.4) is 0 Å². The first-order chi connectivity index (χ1) is 8.58. The van der Waals surface area contributed by atoms with Crippen molar-refractivity contribution in [3.8, 4) is 0 Å². The molecule has 0 bridgehead atoms. The summed E-state index contributed by atoms with van der Waals surface area (Å²) >= 11 is 10.7. The molecule has 0 amide bonds. The van der Waals surface area contributed by atoms with Gasteiger partial charge in [-0.1, -0.05) is 23.8 Å². The second-order valence-corrected chi connectivity index (χ2v) is 4.28. The molecular formula is C11H8ClFN4S. The van der Waals surface area contributed by atoms with Crippen LogP contribution in [0.4, 0.5) is 15.9 Å². The molecule has 3 N–H and O–H groups in total. The van der Waals surface area contributed by atoms with Crippen molar-refractivity contribution in [1.82, 2.24) is 10.2 Å². The van der Waals surface area contributed by atoms with Gasteiger partial charge in [-0.05, 0) is 24.3 Å². The molecule has 0 aliphatic heterocycles. The Kier molecular flexibility index (Phi) is 3.69. The average molecular weight is 283 g/mol. The Morgan fingerprint density at radius 3 is 2.89 bits per heavy atom. The number of halogens is 2. The molecule has 0 spiro atoms. The molecule has 0 atom stereocenters. The molecule has 0 radical (unpaired) electrons. The third kappa shape index (κ3) is 2.72. The molecule has 0 unspecified atom stereocenters. The van der Waals surface area contributed by atoms with Crippen molar-refractivity contribution in [3.05, 3.63) is 46.9 Å². The Hall–Kier alpha value is -1.79. The minimum atomic E-state index is -0.459. The molecule has 0 aliphatic carbocycles. The van der Waals surface area contributed by atoms with Crippen molar-refractivity contribution in [3.63, 3.8) is 0 Å². The molecule has 18 heavy (non-hydrogen) atoms. The standard InChI is InChI=1S/C11H8ClFN4S/c12-6-1-2-8(13)9(5-6)16-11-7(10(14)18)3-4-15-17-11/h1-5H,(H2,14,18)(H,16,17). The van der Waals surface area contributed by atoms with Crippen molar-refractivity contribution in [1.29, 1.82) is 0 Å². The Labute approximate surface area is 113 Å². The quantitative estimate of drug-likeness (QED) is 0.848. The predicted octanol–water partition coefficient (Wildman–Crippen LogP) is 2.65. The molecule has 0 saturated heterocycles. The van der Waals surface area contributed by atoms with Gasteiger partial charge in [0, 0.05) is 5.02 Å². The monoisotopic (exact) mass is 282 g/mol. The third-order valence-corrected chi connectivity index (χ3v) is 2.62. The number of benzene rings is 1. The van der Waals surface area contributed by atoms with E-state index < -0.39 is 5.82 Å². The highest BCUT2D eigenvalue weighted by atomic mass is 35.5. The molecule has 4 nitrogen and oxygen atoms in total. The minimum absolute atomic E-state index is 0.148. The fraction of sp³-hybridized carbons (Fsp3) is 0. The lowest BCUT2D eigenvalue weighted by Crippen LogP contribution is -2.13. The molecule has 0 fully saturated rings. The van der Waals surface area contributed by atoms with E-state index in [0.717, 1.165) is 0 Å². The van der Waals surface area contributed by atoms with Gasteiger partial charge in [-0.25, -0.2) is 4.39 Å². The maximum Gasteiger partial charge on any atom is 0.163 e. The van der Waals surface area contributed by atoms with E-state index in [-0.39, 0.29) is 16.5 Å². The van der Waals surface area contributed by atoms with E-state index in [1.54, 1.807) is 6.07 Å². The van der Waals surface area contributed by atoms with E-state index in [1.165, 1.54) is 24.4 Å². The SMILES string of the molecule is NC(=S)c1ccnnc1Nc1cc(Cl)ccc1F. The number of rotatable bonds is 3. The van der Waals surface area contributed by atoms with Crippen LogP contribution in [0.15, 0.2) is 30.5 Å². The van der Waals surface area contributed by atoms with Gasteiger partial charge >= 0.3 is 0 Å². The van der Waals surface area contributed by atoms with Gasteiger partial charge in [-0.3, -0.25) is 0 Å². The normalized spacial score (nSPS) is 10.1. The Morgan fingerprint density at radius 1 is 1.39 bits per heavy atom. The van der Waals surface area contributed by atoms with Crippen LogP contribution in [0.2, 0.25) is 5.02 Å². The summed E-state index contributed by atoms with van der Waals surface area (Å²) in [6.07, 6.45) is 1.45. The summed E-state index contributed by atoms with van der Waals surface area (Å²) in [7, 11) is 0. The topological polar surface area (TPSA) is 63.8 Å². The minimum Gasteiger partial charge on any atom is -0.389 e. The number of nitrogens with zero attached hydrogens (tertiary/aromatic N) is 2. The highest BCUT2D eigenvalue weighted by molar-refractivity contribution is 7.80. The van der Waals surface area contributed by atoms with E-state index >= 15 is 0 Å². The maximum absolute atomic E-state index is 13.6. The maximum atomic E-state index is 13.6. The van der Waals surface area contributed by atoms with Gasteiger partial charge in [0.05, 0.1) is 17.4 Å². The number of hydrogen-bond acceptors (Lipinski definition) is 4. The molecule has 2 rings (SSSR count). The Balaban J connectivity index is 2.40. The van der Waals surface area contributed by atoms with Crippen LogP contribution in [0.25, 0.3) is 0 Å². The summed E-state index contributed by atoms with van der Waals surface area (Å²) in [5.41, 5.74) is 6.21. The van der Waals surface area contributed by atoms with Crippen LogP contribution < -0.4 is 11.1 Å². The zero-order valence-corrected chi connectivity index (χ0v) is 10.6. The van der Waals surface area contributed by atoms with E-state index in [9.17, 15) is 4.39 Å². The number of anilines is 2. The first kappa shape index (κ1) is 12.7. The molecule has 2 aromatic rings. The lowest BCUT2D eigenvalue weighted by Gasteiger charge is -2.09. The molecular weight excluding hydrogens is 275 g/mol. The first-order valence-corrected chi connectivity index (χ1v) is 5.70. The van der Waals surface area contributed by atoms with Crippen LogP contribution in [-0.4, -0.2) is 15.2 Å². The van der Waals surface area contributed by atoms with Gasteiger partial charge < -0.3 is 11.1 Å². The average Bonchev–Trinajstić information content (AvgIpc) is 2.34. The number of nitrogens with two attached hydrogens (primary N) is 1. The number of thiocarbonyl (C=S) groups is 1. The summed E-state index contributed by atoms with van der Waals surface area (Å²) in [6, 6.07) is 5.74. The van der Waals surface area contributed by atoms with Crippen molar-refractivity contribution in [2.45, 2.75) is 0 Å². The summed E-state index contributed by atoms with van der Waals surface area (Å²) in [6.45, 7) is 0. The molecule has 0 saturated carbocycles. The van der Waals surface area contributed by atoms with Crippen molar-refractivity contribution < 1.29 is 4.39 Å². The summed E-state index contributed by atoms with van der Waals surface area (Å²) < 4.78 is 13.6. The van der Waals surface area contributed by atoms with Crippen LogP contribution in [0.1, 0.15) is 5.56 Å². The van der Waals surface area contributed by atoms with Crippen LogP contribution >= 0.6 is 23.8 Å². The summed E-state index contributed by atoms with van der Waals surface area (Å²) in [5, 5.41) is 10.7. The van der Waals surface area contributed by atoms with Gasteiger partial charge in [0.15, 0.2) is 5.82 Å². The largest absolute Gasteiger partial charge is 0.389 e. The smallest absolute Gasteiger partial charge is 0.163 e. The van der Waals surface area contributed by atoms with E-state index in [1.807, 2.05) is 0 Å². The zero-order valence-electron chi connectivity index (χ0n) is 9.02. The van der Waals surface area contributed by atoms with E-state index in [4.69, 9.17) is 29.6 Å². The fourth-order valence-corrected chi connectivity index (χ4v) is 1.68. The predicted molar refractivity (Wildman–Crippen MR) is 72.6 cm³/mol. The van der Waals surface area contributed by atoms with Gasteiger partial charge in [0.2, 0.25) is 0 Å². The second-order valence-electron chi connectivity index (χ2n) is 3.41. The molecule has 0 aliphatic rings. The summed E-state index contributed by atoms with van der Waals surface area (Å²) in [5.74, 6) is -0.176. The van der Waals surface area contributed by atoms with Crippen molar-refractivity contribution in [2.24, 2.45) is 5.73 Å². The highest BCUT2D eigenvalue weighted by Crippen LogP contribution is 2.23. The van der Waals surface area contributed by atoms with Crippen molar-refractivity contribution in [2.75, 3.05) is 5.32 Å². The second kappa shape index (κ2) is 5.24. The summed E-state index contributed by atoms with van der Waals surface area (Å²) in [4.78, 5) is 0.148. The van der Waals surface area contributed by atoms with Gasteiger partial charge in [-0.2, -0.15) is 5.10 Å². The van der Waals surface area contributed by atoms with Gasteiger partial charge in [-0.15, -0.1) is 5.10 Å². The van der Waals surface area contributed by atoms with E-state index in [0.29, 0.717) is 10.6 Å². The number of aromatic nitrogens is 2. The zero-order chi connectivity index (χ0) is 13.1. The van der Waals surface area contributed by atoms with Crippen LogP contribution in [0.5, 0.6) is 0 Å². The Bertz CT molecular complexity index is 605. The van der Waals surface area contributed by atoms with Crippen LogP contribution in [-0.2, 0) is 0 Å². The molecule has 1 aromatic carbocycles. The first-order valence-electron chi connectivity index (χ1n) is 4.91. The van der Waals surface area contributed by atoms with Crippen molar-refractivity contribution >= 4 is 40.3 Å². The lowest BCUT2D eigenvalue weighted by atomic mass is 10.2. The fourth-order valence-electron chi connectivity index (χ4n) is 1.34. The van der Waals surface area contributed by atoms with Crippen LogP contribution in [0, 0.1) is 5.82 Å². The highest BCUT2D eigenvalue weighted by Gasteiger charge is 2.10. The molecule has 7 heteroatoms. The molecule has 1 aromatic heterocycles.